The number of benzene rings is 1. The number of fused-ring (bicyclic) bond motifs is 1. The number of aromatic nitrogens is 1. The van der Waals surface area contributed by atoms with Gasteiger partial charge >= 0.3 is 0 Å². The van der Waals surface area contributed by atoms with E-state index in [9.17, 15) is 0 Å². The summed E-state index contributed by atoms with van der Waals surface area (Å²) in [6.07, 6.45) is 1.59. The molecular formula is C9H9N. The van der Waals surface area contributed by atoms with Gasteiger partial charge in [0.2, 0.25) is 0 Å². The van der Waals surface area contributed by atoms with Gasteiger partial charge in [-0.05, 0) is 17.5 Å². The molecule has 0 saturated heterocycles. The zero-order chi connectivity index (χ0) is 9.47. The third kappa shape index (κ3) is 0.637. The fourth-order valence-corrected chi connectivity index (χ4v) is 1.08. The molecule has 2 aromatic rings. The third-order valence-electron chi connectivity index (χ3n) is 1.60. The van der Waals surface area contributed by atoms with Crippen LogP contribution in [0.15, 0.2) is 36.5 Å². The summed E-state index contributed by atoms with van der Waals surface area (Å²) in [6.45, 7) is -2.08. The fraction of sp³-hybridized carbons (Fsp3) is 0.111. The van der Waals surface area contributed by atoms with Crippen LogP contribution < -0.4 is 0 Å². The zero-order valence-corrected chi connectivity index (χ0v) is 5.41. The quantitative estimate of drug-likeness (QED) is 0.520. The Kier molecular flexibility index (Phi) is 0.607. The van der Waals surface area contributed by atoms with Crippen molar-refractivity contribution in [3.63, 3.8) is 0 Å². The number of hydrogen-bond donors (Lipinski definition) is 0. The van der Waals surface area contributed by atoms with E-state index in [1.54, 1.807) is 6.20 Å². The molecule has 0 bridgehead atoms. The number of para-hydroxylation sites is 1. The van der Waals surface area contributed by atoms with E-state index in [-0.39, 0.29) is 0 Å². The molecule has 0 atom stereocenters. The van der Waals surface area contributed by atoms with E-state index >= 15 is 0 Å². The minimum atomic E-state index is -2.08. The zero-order valence-electron chi connectivity index (χ0n) is 8.41. The SMILES string of the molecule is [2H]C([2H])([2H])n1ccc2ccccc21. The Morgan fingerprint density at radius 2 is 2.20 bits per heavy atom. The van der Waals surface area contributed by atoms with E-state index in [0.717, 1.165) is 10.9 Å². The molecule has 10 heavy (non-hydrogen) atoms. The van der Waals surface area contributed by atoms with E-state index in [2.05, 4.69) is 0 Å². The number of rotatable bonds is 0. The maximum absolute atomic E-state index is 7.27. The van der Waals surface area contributed by atoms with Gasteiger partial charge in [0.1, 0.15) is 0 Å². The van der Waals surface area contributed by atoms with E-state index in [4.69, 9.17) is 4.11 Å². The molecule has 1 nitrogen and oxygen atoms in total. The largest absolute Gasteiger partial charge is 0.351 e. The summed E-state index contributed by atoms with van der Waals surface area (Å²) < 4.78 is 23.1. The smallest absolute Gasteiger partial charge is 0.0477 e. The fourth-order valence-electron chi connectivity index (χ4n) is 1.08. The monoisotopic (exact) mass is 134 g/mol. The lowest BCUT2D eigenvalue weighted by Crippen LogP contribution is -1.81. The molecule has 2 rings (SSSR count). The summed E-state index contributed by atoms with van der Waals surface area (Å²) in [4.78, 5) is 0. The van der Waals surface area contributed by atoms with Crippen molar-refractivity contribution in [3.8, 4) is 0 Å². The van der Waals surface area contributed by atoms with E-state index in [0.29, 0.717) is 0 Å². The lowest BCUT2D eigenvalue weighted by molar-refractivity contribution is 0.969. The van der Waals surface area contributed by atoms with Gasteiger partial charge < -0.3 is 4.57 Å². The van der Waals surface area contributed by atoms with Crippen molar-refractivity contribution >= 4 is 10.9 Å². The normalized spacial score (nSPS) is 16.2. The molecule has 1 heteroatoms. The Morgan fingerprint density at radius 3 is 3.10 bits per heavy atom. The van der Waals surface area contributed by atoms with Crippen LogP contribution in [-0.2, 0) is 6.98 Å². The van der Waals surface area contributed by atoms with Gasteiger partial charge in [-0.2, -0.15) is 0 Å². The molecule has 0 aliphatic carbocycles. The Labute approximate surface area is 64.1 Å². The molecule has 0 N–H and O–H groups in total. The topological polar surface area (TPSA) is 4.93 Å². The van der Waals surface area contributed by atoms with Crippen LogP contribution in [0.4, 0.5) is 0 Å². The van der Waals surface area contributed by atoms with Crippen LogP contribution in [0.1, 0.15) is 4.11 Å². The average molecular weight is 134 g/mol. The molecule has 1 aromatic carbocycles. The van der Waals surface area contributed by atoms with Crippen molar-refractivity contribution in [2.45, 2.75) is 0 Å². The predicted molar refractivity (Wildman–Crippen MR) is 42.9 cm³/mol. The lowest BCUT2D eigenvalue weighted by Gasteiger charge is -1.92. The first-order valence-electron chi connectivity index (χ1n) is 4.65. The van der Waals surface area contributed by atoms with E-state index in [1.165, 1.54) is 4.57 Å². The summed E-state index contributed by atoms with van der Waals surface area (Å²) in [5.74, 6) is 0. The first-order valence-corrected chi connectivity index (χ1v) is 3.15. The summed E-state index contributed by atoms with van der Waals surface area (Å²) in [6, 6.07) is 9.25. The molecule has 0 fully saturated rings. The van der Waals surface area contributed by atoms with Crippen LogP contribution >= 0.6 is 0 Å². The second-order valence-electron chi connectivity index (χ2n) is 2.24. The Bertz CT molecular complexity index is 428. The first kappa shape index (κ1) is 3.24. The highest BCUT2D eigenvalue weighted by Gasteiger charge is 1.92. The van der Waals surface area contributed by atoms with E-state index < -0.39 is 6.98 Å². The van der Waals surface area contributed by atoms with Crippen LogP contribution in [0.5, 0.6) is 0 Å². The first-order chi connectivity index (χ1) is 6.09. The van der Waals surface area contributed by atoms with Gasteiger partial charge in [0, 0.05) is 22.8 Å². The molecule has 0 unspecified atom stereocenters. The predicted octanol–water partition coefficient (Wildman–Crippen LogP) is 2.18. The molecule has 0 amide bonds. The van der Waals surface area contributed by atoms with Crippen molar-refractivity contribution in [1.29, 1.82) is 0 Å². The molecule has 50 valence electrons. The van der Waals surface area contributed by atoms with Gasteiger partial charge in [-0.25, -0.2) is 0 Å². The van der Waals surface area contributed by atoms with Gasteiger partial charge in [-0.3, -0.25) is 0 Å². The van der Waals surface area contributed by atoms with Gasteiger partial charge in [0.05, 0.1) is 0 Å². The number of aryl methyl sites for hydroxylation is 1. The van der Waals surface area contributed by atoms with Crippen molar-refractivity contribution in [2.75, 3.05) is 0 Å². The standard InChI is InChI=1S/C9H9N/c1-10-7-6-8-4-2-3-5-9(8)10/h2-7H,1H3/i1D3. The second-order valence-corrected chi connectivity index (χ2v) is 2.24. The van der Waals surface area contributed by atoms with Crippen LogP contribution in [0, 0.1) is 0 Å². The molecular weight excluding hydrogens is 122 g/mol. The van der Waals surface area contributed by atoms with Gasteiger partial charge in [-0.1, -0.05) is 18.2 Å². The Morgan fingerprint density at radius 1 is 1.30 bits per heavy atom. The van der Waals surface area contributed by atoms with Crippen LogP contribution in [0.25, 0.3) is 10.9 Å². The van der Waals surface area contributed by atoms with Crippen LogP contribution in [-0.4, -0.2) is 4.57 Å². The maximum atomic E-state index is 7.27. The molecule has 0 saturated carbocycles. The average Bonchev–Trinajstić information content (AvgIpc) is 2.45. The Hall–Kier alpha value is -1.24. The second kappa shape index (κ2) is 1.87. The summed E-state index contributed by atoms with van der Waals surface area (Å²) in [5.41, 5.74) is 0.752. The highest BCUT2D eigenvalue weighted by Crippen LogP contribution is 2.12. The van der Waals surface area contributed by atoms with Gasteiger partial charge in [-0.15, -0.1) is 0 Å². The Balaban J connectivity index is 2.72. The number of hydrogen-bond acceptors (Lipinski definition) is 0. The number of nitrogens with zero attached hydrogens (tertiary/aromatic N) is 1. The molecule has 0 radical (unpaired) electrons. The molecule has 1 aromatic heterocycles. The molecule has 0 aliphatic heterocycles. The summed E-state index contributed by atoms with van der Waals surface area (Å²) >= 11 is 0. The molecule has 1 heterocycles. The van der Waals surface area contributed by atoms with Gasteiger partial charge in [0.15, 0.2) is 0 Å². The van der Waals surface area contributed by atoms with Crippen molar-refractivity contribution in [1.82, 2.24) is 4.57 Å². The lowest BCUT2D eigenvalue weighted by atomic mass is 10.2. The van der Waals surface area contributed by atoms with Crippen molar-refractivity contribution < 1.29 is 4.11 Å². The van der Waals surface area contributed by atoms with Crippen LogP contribution in [0.2, 0.25) is 0 Å². The molecule has 0 aliphatic rings. The summed E-state index contributed by atoms with van der Waals surface area (Å²) in [5, 5.41) is 0.957. The van der Waals surface area contributed by atoms with Gasteiger partial charge in [0.25, 0.3) is 0 Å². The molecule has 0 spiro atoms. The highest BCUT2D eigenvalue weighted by molar-refractivity contribution is 5.79. The third-order valence-corrected chi connectivity index (χ3v) is 1.60. The van der Waals surface area contributed by atoms with Crippen molar-refractivity contribution in [3.05, 3.63) is 36.5 Å². The minimum Gasteiger partial charge on any atom is -0.351 e. The van der Waals surface area contributed by atoms with Crippen LogP contribution in [0.3, 0.4) is 0 Å². The highest BCUT2D eigenvalue weighted by atomic mass is 14.9. The summed E-state index contributed by atoms with van der Waals surface area (Å²) in [7, 11) is 0. The van der Waals surface area contributed by atoms with E-state index in [1.807, 2.05) is 30.3 Å². The van der Waals surface area contributed by atoms with Crippen molar-refractivity contribution in [2.24, 2.45) is 6.98 Å². The maximum Gasteiger partial charge on any atom is 0.0477 e. The minimum absolute atomic E-state index is 0.752.